The Bertz CT molecular complexity index is 1050. The van der Waals surface area contributed by atoms with Gasteiger partial charge in [0.05, 0.1) is 16.9 Å². The SMILES string of the molecule is CCc1c(F)c(F)c2[nH]ncc2c1-c1ccc2nc(C)sc2n1. The number of aryl methyl sites for hydroxylation is 1. The molecular formula is C16H12F2N4S. The van der Waals surface area contributed by atoms with E-state index in [4.69, 9.17) is 0 Å². The number of H-pyrrole nitrogens is 1. The van der Waals surface area contributed by atoms with Crippen LogP contribution in [0.1, 0.15) is 17.5 Å². The third-order valence-electron chi connectivity index (χ3n) is 3.86. The van der Waals surface area contributed by atoms with Gasteiger partial charge in [0.15, 0.2) is 11.6 Å². The van der Waals surface area contributed by atoms with E-state index >= 15 is 0 Å². The van der Waals surface area contributed by atoms with Crippen molar-refractivity contribution in [3.05, 3.63) is 40.5 Å². The van der Waals surface area contributed by atoms with E-state index in [1.807, 2.05) is 13.0 Å². The fourth-order valence-electron chi connectivity index (χ4n) is 2.85. The number of aromatic amines is 1. The highest BCUT2D eigenvalue weighted by Gasteiger charge is 2.22. The molecule has 0 unspecified atom stereocenters. The molecule has 4 nitrogen and oxygen atoms in total. The van der Waals surface area contributed by atoms with E-state index in [1.165, 1.54) is 17.5 Å². The standard InChI is InChI=1S/C16H12F2N4S/c1-3-8-12(9-6-19-22-15(9)14(18)13(8)17)10-4-5-11-16(21-10)23-7(2)20-11/h4-6H,3H2,1-2H3,(H,19,22). The molecular weight excluding hydrogens is 318 g/mol. The van der Waals surface area contributed by atoms with Crippen molar-refractivity contribution in [3.63, 3.8) is 0 Å². The molecule has 4 rings (SSSR count). The molecule has 0 aliphatic rings. The first-order valence-electron chi connectivity index (χ1n) is 7.17. The van der Waals surface area contributed by atoms with Gasteiger partial charge in [0.1, 0.15) is 15.9 Å². The van der Waals surface area contributed by atoms with Gasteiger partial charge in [-0.3, -0.25) is 5.10 Å². The quantitative estimate of drug-likeness (QED) is 0.593. The molecule has 0 saturated carbocycles. The Labute approximate surface area is 134 Å². The topological polar surface area (TPSA) is 54.5 Å². The molecule has 0 aliphatic carbocycles. The van der Waals surface area contributed by atoms with E-state index in [-0.39, 0.29) is 5.52 Å². The Morgan fingerprint density at radius 3 is 2.78 bits per heavy atom. The first kappa shape index (κ1) is 14.2. The fourth-order valence-corrected chi connectivity index (χ4v) is 3.63. The second-order valence-corrected chi connectivity index (χ2v) is 6.43. The van der Waals surface area contributed by atoms with Crippen LogP contribution in [-0.2, 0) is 6.42 Å². The number of benzene rings is 1. The Balaban J connectivity index is 2.09. The Morgan fingerprint density at radius 1 is 1.17 bits per heavy atom. The summed E-state index contributed by atoms with van der Waals surface area (Å²) in [7, 11) is 0. The summed E-state index contributed by atoms with van der Waals surface area (Å²) in [6.45, 7) is 3.71. The number of halogens is 2. The lowest BCUT2D eigenvalue weighted by Crippen LogP contribution is -2.00. The summed E-state index contributed by atoms with van der Waals surface area (Å²) in [6.07, 6.45) is 1.87. The summed E-state index contributed by atoms with van der Waals surface area (Å²) >= 11 is 1.48. The summed E-state index contributed by atoms with van der Waals surface area (Å²) in [6, 6.07) is 3.65. The normalized spacial score (nSPS) is 11.7. The van der Waals surface area contributed by atoms with E-state index in [2.05, 4.69) is 20.2 Å². The number of aromatic nitrogens is 4. The highest BCUT2D eigenvalue weighted by Crippen LogP contribution is 2.35. The summed E-state index contributed by atoms with van der Waals surface area (Å²) in [5, 5.41) is 7.84. The van der Waals surface area contributed by atoms with E-state index < -0.39 is 11.6 Å². The minimum absolute atomic E-state index is 0.0667. The lowest BCUT2D eigenvalue weighted by Gasteiger charge is -2.11. The van der Waals surface area contributed by atoms with Gasteiger partial charge < -0.3 is 0 Å². The van der Waals surface area contributed by atoms with Crippen LogP contribution in [0.2, 0.25) is 0 Å². The number of nitrogens with one attached hydrogen (secondary N) is 1. The molecule has 3 heterocycles. The first-order chi connectivity index (χ1) is 11.1. The minimum Gasteiger partial charge on any atom is -0.275 e. The predicted molar refractivity (Wildman–Crippen MR) is 86.5 cm³/mol. The summed E-state index contributed by atoms with van der Waals surface area (Å²) in [5.41, 5.74) is 2.37. The van der Waals surface area contributed by atoms with Crippen LogP contribution >= 0.6 is 11.3 Å². The van der Waals surface area contributed by atoms with Crippen molar-refractivity contribution in [1.29, 1.82) is 0 Å². The van der Waals surface area contributed by atoms with Crippen LogP contribution < -0.4 is 0 Å². The van der Waals surface area contributed by atoms with Gasteiger partial charge in [-0.05, 0) is 25.5 Å². The van der Waals surface area contributed by atoms with Crippen molar-refractivity contribution < 1.29 is 8.78 Å². The van der Waals surface area contributed by atoms with Crippen LogP contribution in [0.15, 0.2) is 18.3 Å². The molecule has 0 bridgehead atoms. The van der Waals surface area contributed by atoms with Gasteiger partial charge in [-0.25, -0.2) is 18.7 Å². The number of hydrogen-bond acceptors (Lipinski definition) is 4. The van der Waals surface area contributed by atoms with Gasteiger partial charge in [-0.2, -0.15) is 5.10 Å². The molecule has 0 amide bonds. The van der Waals surface area contributed by atoms with E-state index in [0.717, 1.165) is 15.4 Å². The largest absolute Gasteiger partial charge is 0.275 e. The Kier molecular flexibility index (Phi) is 3.12. The third-order valence-corrected chi connectivity index (χ3v) is 4.74. The van der Waals surface area contributed by atoms with Crippen molar-refractivity contribution in [3.8, 4) is 11.3 Å². The molecule has 0 radical (unpaired) electrons. The Hall–Kier alpha value is -2.41. The van der Waals surface area contributed by atoms with E-state index in [9.17, 15) is 8.78 Å². The zero-order valence-corrected chi connectivity index (χ0v) is 13.3. The third kappa shape index (κ3) is 2.03. The van der Waals surface area contributed by atoms with Crippen LogP contribution in [0.25, 0.3) is 32.5 Å². The van der Waals surface area contributed by atoms with E-state index in [1.54, 1.807) is 13.0 Å². The number of pyridine rings is 1. The van der Waals surface area contributed by atoms with Gasteiger partial charge in [0.25, 0.3) is 0 Å². The highest BCUT2D eigenvalue weighted by atomic mass is 32.1. The van der Waals surface area contributed by atoms with Crippen molar-refractivity contribution in [2.24, 2.45) is 0 Å². The number of rotatable bonds is 2. The lowest BCUT2D eigenvalue weighted by atomic mass is 9.97. The fraction of sp³-hybridized carbons (Fsp3) is 0.188. The van der Waals surface area contributed by atoms with Crippen molar-refractivity contribution in [1.82, 2.24) is 20.2 Å². The maximum absolute atomic E-state index is 14.4. The maximum Gasteiger partial charge on any atom is 0.184 e. The van der Waals surface area contributed by atoms with Gasteiger partial charge in [-0.15, -0.1) is 0 Å². The van der Waals surface area contributed by atoms with Crippen molar-refractivity contribution in [2.75, 3.05) is 0 Å². The number of nitrogens with zero attached hydrogens (tertiary/aromatic N) is 3. The monoisotopic (exact) mass is 330 g/mol. The molecule has 0 fully saturated rings. The van der Waals surface area contributed by atoms with Crippen LogP contribution in [0, 0.1) is 18.6 Å². The smallest absolute Gasteiger partial charge is 0.184 e. The van der Waals surface area contributed by atoms with Crippen LogP contribution in [0.3, 0.4) is 0 Å². The zero-order chi connectivity index (χ0) is 16.1. The molecule has 0 saturated heterocycles. The molecule has 0 aliphatic heterocycles. The molecule has 1 aromatic carbocycles. The lowest BCUT2D eigenvalue weighted by molar-refractivity contribution is 0.507. The van der Waals surface area contributed by atoms with Gasteiger partial charge >= 0.3 is 0 Å². The molecule has 3 aromatic heterocycles. The predicted octanol–water partition coefficient (Wildman–Crippen LogP) is 4.38. The second kappa shape index (κ2) is 5.06. The summed E-state index contributed by atoms with van der Waals surface area (Å²) in [5.74, 6) is -1.74. The average Bonchev–Trinajstić information content (AvgIpc) is 3.15. The van der Waals surface area contributed by atoms with Crippen LogP contribution in [-0.4, -0.2) is 20.2 Å². The number of hydrogen-bond donors (Lipinski definition) is 1. The number of thiazole rings is 1. The zero-order valence-electron chi connectivity index (χ0n) is 12.4. The van der Waals surface area contributed by atoms with Crippen molar-refractivity contribution >= 4 is 32.6 Å². The van der Waals surface area contributed by atoms with Gasteiger partial charge in [0.2, 0.25) is 0 Å². The molecule has 0 atom stereocenters. The van der Waals surface area contributed by atoms with Crippen molar-refractivity contribution in [2.45, 2.75) is 20.3 Å². The average molecular weight is 330 g/mol. The van der Waals surface area contributed by atoms with E-state index in [0.29, 0.717) is 28.6 Å². The Morgan fingerprint density at radius 2 is 2.00 bits per heavy atom. The minimum atomic E-state index is -0.896. The van der Waals surface area contributed by atoms with Gasteiger partial charge in [0, 0.05) is 16.5 Å². The molecule has 7 heteroatoms. The molecule has 1 N–H and O–H groups in total. The maximum atomic E-state index is 14.4. The van der Waals surface area contributed by atoms with Crippen LogP contribution in [0.5, 0.6) is 0 Å². The number of fused-ring (bicyclic) bond motifs is 2. The second-order valence-electron chi connectivity index (χ2n) is 5.25. The molecule has 116 valence electrons. The summed E-state index contributed by atoms with van der Waals surface area (Å²) in [4.78, 5) is 9.76. The van der Waals surface area contributed by atoms with Crippen LogP contribution in [0.4, 0.5) is 8.78 Å². The first-order valence-corrected chi connectivity index (χ1v) is 7.99. The summed E-state index contributed by atoms with van der Waals surface area (Å²) < 4.78 is 28.6. The molecule has 0 spiro atoms. The molecule has 23 heavy (non-hydrogen) atoms. The molecule has 4 aromatic rings. The highest BCUT2D eigenvalue weighted by molar-refractivity contribution is 7.18. The van der Waals surface area contributed by atoms with Gasteiger partial charge in [-0.1, -0.05) is 18.3 Å².